The molecule has 0 fully saturated rings. The molecule has 0 aliphatic heterocycles. The number of aromatic nitrogens is 2. The summed E-state index contributed by atoms with van der Waals surface area (Å²) in [5, 5.41) is 10.5. The second-order valence-electron chi connectivity index (χ2n) is 8.47. The molecule has 0 unspecified atom stereocenters. The molecule has 0 bridgehead atoms. The first-order chi connectivity index (χ1) is 17.3. The van der Waals surface area contributed by atoms with Crippen LogP contribution >= 0.6 is 0 Å². The summed E-state index contributed by atoms with van der Waals surface area (Å²) < 4.78 is 32.2. The van der Waals surface area contributed by atoms with Crippen molar-refractivity contribution in [3.8, 4) is 5.69 Å². The normalized spacial score (nSPS) is 12.1. The first kappa shape index (κ1) is 28.6. The number of hydrogen-bond acceptors (Lipinski definition) is 4. The Morgan fingerprint density at radius 3 is 2.39 bits per heavy atom. The van der Waals surface area contributed by atoms with Crippen molar-refractivity contribution >= 4 is 5.57 Å². The summed E-state index contributed by atoms with van der Waals surface area (Å²) in [5.74, 6) is 0.369. The van der Waals surface area contributed by atoms with Crippen LogP contribution in [0.1, 0.15) is 49.8 Å². The number of benzene rings is 2. The van der Waals surface area contributed by atoms with E-state index in [9.17, 15) is 9.50 Å². The molecule has 0 spiro atoms. The van der Waals surface area contributed by atoms with Crippen LogP contribution in [0.3, 0.4) is 0 Å². The average Bonchev–Trinajstić information content (AvgIpc) is 3.30. The second kappa shape index (κ2) is 13.5. The van der Waals surface area contributed by atoms with E-state index in [0.717, 1.165) is 28.9 Å². The molecule has 192 valence electrons. The molecule has 0 atom stereocenters. The summed E-state index contributed by atoms with van der Waals surface area (Å²) in [5.41, 5.74) is 6.65. The third kappa shape index (κ3) is 7.44. The molecule has 3 rings (SSSR count). The Hall–Kier alpha value is -3.62. The van der Waals surface area contributed by atoms with Crippen LogP contribution in [0.5, 0.6) is 0 Å². The molecule has 8 heteroatoms. The smallest absolute Gasteiger partial charge is 0.126 e. The molecule has 0 aliphatic rings. The number of hydrogen-bond donors (Lipinski definition) is 2. The number of nitrogens with one attached hydrogen (secondary N) is 1. The van der Waals surface area contributed by atoms with Gasteiger partial charge >= 0.3 is 0 Å². The number of hydroxylamine groups is 1. The van der Waals surface area contributed by atoms with E-state index in [1.54, 1.807) is 45.2 Å². The van der Waals surface area contributed by atoms with Crippen LogP contribution in [0.15, 0.2) is 85.2 Å². The van der Waals surface area contributed by atoms with E-state index in [4.69, 9.17) is 14.0 Å². The number of imidazole rings is 1. The van der Waals surface area contributed by atoms with Gasteiger partial charge in [-0.1, -0.05) is 56.0 Å². The van der Waals surface area contributed by atoms with Crippen molar-refractivity contribution in [2.75, 3.05) is 7.11 Å². The molecule has 5 nitrogen and oxygen atoms in total. The first-order valence-electron chi connectivity index (χ1n) is 11.4. The predicted octanol–water partition coefficient (Wildman–Crippen LogP) is 6.68. The molecule has 1 heterocycles. The minimum atomic E-state index is -1.12. The Labute approximate surface area is 210 Å². The van der Waals surface area contributed by atoms with Crippen LogP contribution in [-0.4, -0.2) is 21.8 Å². The fourth-order valence-electron chi connectivity index (χ4n) is 3.57. The molecule has 36 heavy (non-hydrogen) atoms. The summed E-state index contributed by atoms with van der Waals surface area (Å²) in [7, 11) is 1.58. The van der Waals surface area contributed by atoms with Gasteiger partial charge in [0, 0.05) is 33.2 Å². The van der Waals surface area contributed by atoms with Crippen molar-refractivity contribution < 1.29 is 23.5 Å². The largest absolute Gasteiger partial charge is 0.384 e. The SMILES string of the molecule is C=C/C=C(\C=C(/CC)NOC)c1ccc(-n2cc(C(C)(C)O)nc2Cc2ccccc2F)cc1.FF. The van der Waals surface area contributed by atoms with Gasteiger partial charge < -0.3 is 9.67 Å². The summed E-state index contributed by atoms with van der Waals surface area (Å²) in [6.07, 6.45) is 8.61. The fourth-order valence-corrected chi connectivity index (χ4v) is 3.57. The molecule has 0 saturated carbocycles. The van der Waals surface area contributed by atoms with Crippen LogP contribution in [0.2, 0.25) is 0 Å². The van der Waals surface area contributed by atoms with Crippen LogP contribution < -0.4 is 5.48 Å². The number of allylic oxidation sites excluding steroid dienone is 5. The summed E-state index contributed by atoms with van der Waals surface area (Å²) >= 11 is 0. The quantitative estimate of drug-likeness (QED) is 0.241. The van der Waals surface area contributed by atoms with Crippen molar-refractivity contribution in [3.63, 3.8) is 0 Å². The number of halogens is 3. The highest BCUT2D eigenvalue weighted by atomic mass is 20.0. The van der Waals surface area contributed by atoms with E-state index in [-0.39, 0.29) is 5.82 Å². The molecule has 0 amide bonds. The highest BCUT2D eigenvalue weighted by molar-refractivity contribution is 5.76. The van der Waals surface area contributed by atoms with E-state index in [2.05, 4.69) is 17.0 Å². The van der Waals surface area contributed by atoms with Crippen molar-refractivity contribution in [3.05, 3.63) is 114 Å². The highest BCUT2D eigenvalue weighted by Gasteiger charge is 2.23. The van der Waals surface area contributed by atoms with Gasteiger partial charge in [-0.25, -0.2) is 9.37 Å². The predicted molar refractivity (Wildman–Crippen MR) is 137 cm³/mol. The zero-order valence-corrected chi connectivity index (χ0v) is 20.9. The third-order valence-corrected chi connectivity index (χ3v) is 5.43. The number of aliphatic hydroxyl groups is 1. The van der Waals surface area contributed by atoms with E-state index < -0.39 is 5.60 Å². The molecule has 1 aromatic heterocycles. The minimum absolute atomic E-state index is 0.278. The lowest BCUT2D eigenvalue weighted by Crippen LogP contribution is -2.16. The van der Waals surface area contributed by atoms with Gasteiger partial charge in [-0.3, -0.25) is 10.3 Å². The van der Waals surface area contributed by atoms with Crippen molar-refractivity contribution in [2.24, 2.45) is 0 Å². The maximum Gasteiger partial charge on any atom is 0.126 e. The lowest BCUT2D eigenvalue weighted by Gasteiger charge is -2.13. The Kier molecular flexibility index (Phi) is 10.7. The minimum Gasteiger partial charge on any atom is -0.384 e. The first-order valence-corrected chi connectivity index (χ1v) is 11.4. The topological polar surface area (TPSA) is 59.3 Å². The van der Waals surface area contributed by atoms with Crippen LogP contribution in [-0.2, 0) is 16.9 Å². The zero-order valence-electron chi connectivity index (χ0n) is 20.9. The monoisotopic (exact) mass is 499 g/mol. The Morgan fingerprint density at radius 1 is 1.17 bits per heavy atom. The summed E-state index contributed by atoms with van der Waals surface area (Å²) in [6.45, 7) is 9.25. The lowest BCUT2D eigenvalue weighted by atomic mass is 10.0. The van der Waals surface area contributed by atoms with Crippen molar-refractivity contribution in [2.45, 2.75) is 39.2 Å². The Balaban J connectivity index is 0.00000222. The fraction of sp³-hybridized carbons (Fsp3) is 0.250. The van der Waals surface area contributed by atoms with Gasteiger partial charge in [-0.2, -0.15) is 0 Å². The van der Waals surface area contributed by atoms with Gasteiger partial charge in [0.2, 0.25) is 0 Å². The molecule has 0 radical (unpaired) electrons. The highest BCUT2D eigenvalue weighted by Crippen LogP contribution is 2.26. The number of rotatable bonds is 10. The van der Waals surface area contributed by atoms with Gasteiger partial charge in [0.25, 0.3) is 0 Å². The van der Waals surface area contributed by atoms with Gasteiger partial charge in [0.1, 0.15) is 17.2 Å². The van der Waals surface area contributed by atoms with Crippen molar-refractivity contribution in [1.82, 2.24) is 15.0 Å². The van der Waals surface area contributed by atoms with Gasteiger partial charge in [-0.15, -0.1) is 0 Å². The molecule has 2 aromatic carbocycles. The van der Waals surface area contributed by atoms with E-state index in [1.807, 2.05) is 54.1 Å². The maximum atomic E-state index is 14.3. The second-order valence-corrected chi connectivity index (χ2v) is 8.47. The molecular weight excluding hydrogens is 467 g/mol. The van der Waals surface area contributed by atoms with Gasteiger partial charge in [0.05, 0.1) is 12.8 Å². The molecule has 3 aromatic rings. The van der Waals surface area contributed by atoms with E-state index >= 15 is 0 Å². The molecule has 0 saturated heterocycles. The van der Waals surface area contributed by atoms with Crippen molar-refractivity contribution in [1.29, 1.82) is 0 Å². The Bertz CT molecular complexity index is 1190. The standard InChI is InChI=1S/C28H32FN3O2.F2/c1-6-10-21(17-23(7-2)31-34-5)20-13-15-24(16-14-20)32-19-26(28(3,4)33)30-27(32)18-22-11-8-9-12-25(22)29;1-2/h6,8-17,19,31,33H,1,7,18H2,2-5H3;/b21-10+,23-17+;. The molecular formula is C28H32F3N3O2. The summed E-state index contributed by atoms with van der Waals surface area (Å²) in [4.78, 5) is 9.70. The van der Waals surface area contributed by atoms with Crippen LogP contribution in [0.4, 0.5) is 13.5 Å². The zero-order chi connectivity index (χ0) is 26.7. The third-order valence-electron chi connectivity index (χ3n) is 5.43. The van der Waals surface area contributed by atoms with Gasteiger partial charge in [0.15, 0.2) is 0 Å². The van der Waals surface area contributed by atoms with E-state index in [0.29, 0.717) is 23.5 Å². The average molecular weight is 500 g/mol. The van der Waals surface area contributed by atoms with Crippen LogP contribution in [0, 0.1) is 5.82 Å². The lowest BCUT2D eigenvalue weighted by molar-refractivity contribution is 0.0741. The summed E-state index contributed by atoms with van der Waals surface area (Å²) in [6, 6.07) is 14.7. The van der Waals surface area contributed by atoms with E-state index in [1.165, 1.54) is 6.07 Å². The van der Waals surface area contributed by atoms with Crippen LogP contribution in [0.25, 0.3) is 11.3 Å². The molecule has 2 N–H and O–H groups in total. The van der Waals surface area contributed by atoms with Gasteiger partial charge in [-0.05, 0) is 61.2 Å². The maximum absolute atomic E-state index is 14.3. The Morgan fingerprint density at radius 2 is 1.83 bits per heavy atom. The molecule has 0 aliphatic carbocycles. The number of nitrogens with zero attached hydrogens (tertiary/aromatic N) is 2.